The maximum Gasteiger partial charge on any atom is 0.225 e. The molecule has 0 spiro atoms. The fraction of sp³-hybridized carbons (Fsp3) is 0.600. The summed E-state index contributed by atoms with van der Waals surface area (Å²) >= 11 is 2.21. The molecule has 1 fully saturated rings. The van der Waals surface area contributed by atoms with Crippen molar-refractivity contribution in [2.24, 2.45) is 0 Å². The van der Waals surface area contributed by atoms with Crippen LogP contribution in [-0.2, 0) is 4.74 Å². The van der Waals surface area contributed by atoms with E-state index in [1.165, 1.54) is 0 Å². The number of hydrogen-bond acceptors (Lipinski definition) is 4. The molecule has 15 heavy (non-hydrogen) atoms. The third-order valence-corrected chi connectivity index (χ3v) is 3.05. The van der Waals surface area contributed by atoms with Gasteiger partial charge in [-0.2, -0.15) is 0 Å². The zero-order valence-electron chi connectivity index (χ0n) is 8.90. The summed E-state index contributed by atoms with van der Waals surface area (Å²) in [6.45, 7) is 6.62. The first-order chi connectivity index (χ1) is 7.09. The molecule has 0 amide bonds. The van der Waals surface area contributed by atoms with E-state index in [4.69, 9.17) is 4.74 Å². The van der Waals surface area contributed by atoms with Crippen LogP contribution in [0.3, 0.4) is 0 Å². The first-order valence-corrected chi connectivity index (χ1v) is 6.00. The highest BCUT2D eigenvalue weighted by molar-refractivity contribution is 14.1. The van der Waals surface area contributed by atoms with E-state index in [9.17, 15) is 0 Å². The minimum absolute atomic E-state index is 0.0228. The van der Waals surface area contributed by atoms with E-state index in [1.807, 2.05) is 12.4 Å². The van der Waals surface area contributed by atoms with E-state index in [-0.39, 0.29) is 5.54 Å². The Morgan fingerprint density at radius 2 is 2.07 bits per heavy atom. The van der Waals surface area contributed by atoms with Gasteiger partial charge in [-0.25, -0.2) is 9.97 Å². The van der Waals surface area contributed by atoms with Crippen molar-refractivity contribution in [3.8, 4) is 0 Å². The molecule has 5 heteroatoms. The third-order valence-electron chi connectivity index (χ3n) is 2.49. The summed E-state index contributed by atoms with van der Waals surface area (Å²) < 4.78 is 6.52. The van der Waals surface area contributed by atoms with Gasteiger partial charge in [0, 0.05) is 22.5 Å². The lowest BCUT2D eigenvalue weighted by Crippen LogP contribution is -2.53. The molecule has 0 atom stereocenters. The summed E-state index contributed by atoms with van der Waals surface area (Å²) in [6, 6.07) is 0. The zero-order valence-corrected chi connectivity index (χ0v) is 11.1. The van der Waals surface area contributed by atoms with Crippen LogP contribution in [0.5, 0.6) is 0 Å². The van der Waals surface area contributed by atoms with Crippen LogP contribution in [0.4, 0.5) is 5.95 Å². The fourth-order valence-electron chi connectivity index (χ4n) is 1.67. The molecule has 1 aliphatic rings. The molecule has 82 valence electrons. The molecule has 2 heterocycles. The molecule has 1 aromatic heterocycles. The largest absolute Gasteiger partial charge is 0.377 e. The molecule has 0 aromatic carbocycles. The molecule has 4 nitrogen and oxygen atoms in total. The van der Waals surface area contributed by atoms with Crippen molar-refractivity contribution in [1.82, 2.24) is 9.97 Å². The van der Waals surface area contributed by atoms with E-state index in [0.717, 1.165) is 29.3 Å². The maximum atomic E-state index is 5.46. The topological polar surface area (TPSA) is 38.2 Å². The Balaban J connectivity index is 2.25. The average molecular weight is 319 g/mol. The quantitative estimate of drug-likeness (QED) is 0.739. The lowest BCUT2D eigenvalue weighted by molar-refractivity contribution is 0.0634. The summed E-state index contributed by atoms with van der Waals surface area (Å²) in [6.07, 6.45) is 3.68. The minimum Gasteiger partial charge on any atom is -0.377 e. The van der Waals surface area contributed by atoms with Crippen LogP contribution < -0.4 is 4.90 Å². The van der Waals surface area contributed by atoms with Crippen LogP contribution in [0, 0.1) is 3.57 Å². The predicted octanol–water partition coefficient (Wildman–Crippen LogP) is 1.70. The van der Waals surface area contributed by atoms with Gasteiger partial charge < -0.3 is 9.64 Å². The molecule has 1 aliphatic heterocycles. The number of hydrogen-bond donors (Lipinski definition) is 0. The van der Waals surface area contributed by atoms with Crippen molar-refractivity contribution in [3.05, 3.63) is 16.0 Å². The van der Waals surface area contributed by atoms with Crippen molar-refractivity contribution >= 4 is 28.5 Å². The Morgan fingerprint density at radius 1 is 1.40 bits per heavy atom. The van der Waals surface area contributed by atoms with E-state index < -0.39 is 0 Å². The number of anilines is 1. The number of morpholine rings is 1. The Hall–Kier alpha value is -0.430. The number of rotatable bonds is 1. The normalized spacial score (nSPS) is 20.3. The molecule has 1 saturated heterocycles. The molecule has 0 bridgehead atoms. The van der Waals surface area contributed by atoms with Gasteiger partial charge in [-0.1, -0.05) is 0 Å². The van der Waals surface area contributed by atoms with Crippen LogP contribution >= 0.6 is 22.6 Å². The van der Waals surface area contributed by atoms with E-state index in [1.54, 1.807) is 0 Å². The molecule has 0 radical (unpaired) electrons. The molecular formula is C10H14IN3O. The molecule has 0 aliphatic carbocycles. The van der Waals surface area contributed by atoms with E-state index >= 15 is 0 Å². The summed E-state index contributed by atoms with van der Waals surface area (Å²) in [5.41, 5.74) is -0.0228. The van der Waals surface area contributed by atoms with Crippen LogP contribution in [0.15, 0.2) is 12.4 Å². The van der Waals surface area contributed by atoms with Crippen molar-refractivity contribution < 1.29 is 4.74 Å². The fourth-order valence-corrected chi connectivity index (χ4v) is 1.95. The van der Waals surface area contributed by atoms with Gasteiger partial charge in [-0.3, -0.25) is 0 Å². The molecule has 2 rings (SSSR count). The van der Waals surface area contributed by atoms with Gasteiger partial charge in [-0.05, 0) is 36.4 Å². The van der Waals surface area contributed by atoms with E-state index in [2.05, 4.69) is 51.3 Å². The second-order valence-electron chi connectivity index (χ2n) is 4.22. The highest BCUT2D eigenvalue weighted by atomic mass is 127. The second kappa shape index (κ2) is 4.21. The van der Waals surface area contributed by atoms with E-state index in [0.29, 0.717) is 0 Å². The SMILES string of the molecule is CC1(C)COCCN1c1ncc(I)cn1. The smallest absolute Gasteiger partial charge is 0.225 e. The lowest BCUT2D eigenvalue weighted by Gasteiger charge is -2.42. The summed E-state index contributed by atoms with van der Waals surface area (Å²) in [5.74, 6) is 0.795. The van der Waals surface area contributed by atoms with Gasteiger partial charge in [0.2, 0.25) is 5.95 Å². The van der Waals surface area contributed by atoms with Gasteiger partial charge in [0.05, 0.1) is 18.8 Å². The number of aromatic nitrogens is 2. The standard InChI is InChI=1S/C10H14IN3O/c1-10(2)7-15-4-3-14(10)9-12-5-8(11)6-13-9/h5-6H,3-4,7H2,1-2H3. The van der Waals surface area contributed by atoms with Gasteiger partial charge in [-0.15, -0.1) is 0 Å². The van der Waals surface area contributed by atoms with Gasteiger partial charge in [0.15, 0.2) is 0 Å². The average Bonchev–Trinajstić information content (AvgIpc) is 2.19. The summed E-state index contributed by atoms with van der Waals surface area (Å²) in [4.78, 5) is 10.9. The highest BCUT2D eigenvalue weighted by Gasteiger charge is 2.32. The van der Waals surface area contributed by atoms with Crippen molar-refractivity contribution in [2.45, 2.75) is 19.4 Å². The first-order valence-electron chi connectivity index (χ1n) is 4.92. The summed E-state index contributed by atoms with van der Waals surface area (Å²) in [7, 11) is 0. The molecule has 0 saturated carbocycles. The van der Waals surface area contributed by atoms with Crippen LogP contribution in [0.25, 0.3) is 0 Å². The Kier molecular flexibility index (Phi) is 3.11. The maximum absolute atomic E-state index is 5.46. The Labute approximate surface area is 103 Å². The van der Waals surface area contributed by atoms with Gasteiger partial charge in [0.25, 0.3) is 0 Å². The van der Waals surface area contributed by atoms with Crippen molar-refractivity contribution in [2.75, 3.05) is 24.7 Å². The minimum atomic E-state index is -0.0228. The third kappa shape index (κ3) is 2.39. The first kappa shape index (κ1) is 11.1. The lowest BCUT2D eigenvalue weighted by atomic mass is 10.0. The van der Waals surface area contributed by atoms with Crippen LogP contribution in [0.1, 0.15) is 13.8 Å². The Morgan fingerprint density at radius 3 is 2.67 bits per heavy atom. The Bertz CT molecular complexity index is 339. The number of ether oxygens (including phenoxy) is 1. The van der Waals surface area contributed by atoms with Crippen LogP contribution in [-0.4, -0.2) is 35.3 Å². The monoisotopic (exact) mass is 319 g/mol. The molecule has 0 unspecified atom stereocenters. The number of nitrogens with zero attached hydrogens (tertiary/aromatic N) is 3. The zero-order chi connectivity index (χ0) is 10.9. The van der Waals surface area contributed by atoms with Crippen molar-refractivity contribution in [3.63, 3.8) is 0 Å². The molecular weight excluding hydrogens is 305 g/mol. The van der Waals surface area contributed by atoms with Gasteiger partial charge >= 0.3 is 0 Å². The molecule has 0 N–H and O–H groups in total. The van der Waals surface area contributed by atoms with Crippen LogP contribution in [0.2, 0.25) is 0 Å². The highest BCUT2D eigenvalue weighted by Crippen LogP contribution is 2.23. The molecule has 1 aromatic rings. The van der Waals surface area contributed by atoms with Gasteiger partial charge in [0.1, 0.15) is 0 Å². The van der Waals surface area contributed by atoms with Crippen molar-refractivity contribution in [1.29, 1.82) is 0 Å². The second-order valence-corrected chi connectivity index (χ2v) is 5.46. The summed E-state index contributed by atoms with van der Waals surface area (Å²) in [5, 5.41) is 0. The number of halogens is 1. The predicted molar refractivity (Wildman–Crippen MR) is 67.0 cm³/mol.